The zero-order valence-corrected chi connectivity index (χ0v) is 13.9. The molecule has 0 spiro atoms. The normalized spacial score (nSPS) is 10.9. The van der Waals surface area contributed by atoms with E-state index in [-0.39, 0.29) is 24.9 Å². The lowest BCUT2D eigenvalue weighted by molar-refractivity contribution is 0.240. The Morgan fingerprint density at radius 2 is 1.62 bits per heavy atom. The second kappa shape index (κ2) is 7.78. The van der Waals surface area contributed by atoms with Crippen LogP contribution >= 0.6 is 0 Å². The van der Waals surface area contributed by atoms with Gasteiger partial charge in [-0.25, -0.2) is 17.6 Å². The predicted octanol–water partition coefficient (Wildman–Crippen LogP) is 2.20. The van der Waals surface area contributed by atoms with Crippen molar-refractivity contribution in [3.8, 4) is 0 Å². The molecule has 2 aromatic rings. The van der Waals surface area contributed by atoms with Crippen molar-refractivity contribution >= 4 is 21.7 Å². The predicted molar refractivity (Wildman–Crippen MR) is 90.4 cm³/mol. The lowest BCUT2D eigenvalue weighted by atomic mass is 10.2. The second-order valence-corrected chi connectivity index (χ2v) is 6.99. The van der Waals surface area contributed by atoms with Crippen LogP contribution in [-0.4, -0.2) is 20.7 Å². The summed E-state index contributed by atoms with van der Waals surface area (Å²) in [5.74, 6) is -0.328. The van der Waals surface area contributed by atoms with Crippen molar-refractivity contribution < 1.29 is 17.6 Å². The molecule has 2 amide bonds. The molecule has 2 rings (SSSR count). The number of amides is 2. The van der Waals surface area contributed by atoms with Gasteiger partial charge in [-0.2, -0.15) is 0 Å². The number of carbonyl (C=O) groups is 1. The van der Waals surface area contributed by atoms with Crippen molar-refractivity contribution in [2.75, 3.05) is 11.0 Å². The Morgan fingerprint density at radius 3 is 2.25 bits per heavy atom. The van der Waals surface area contributed by atoms with E-state index in [0.717, 1.165) is 17.4 Å². The van der Waals surface area contributed by atoms with Crippen LogP contribution in [0.3, 0.4) is 0 Å². The quantitative estimate of drug-likeness (QED) is 0.746. The Kier molecular flexibility index (Phi) is 5.75. The minimum atomic E-state index is -3.34. The highest BCUT2D eigenvalue weighted by molar-refractivity contribution is 7.92. The van der Waals surface area contributed by atoms with Gasteiger partial charge in [0.15, 0.2) is 0 Å². The van der Waals surface area contributed by atoms with E-state index in [4.69, 9.17) is 0 Å². The number of carbonyl (C=O) groups excluding carboxylic acids is 1. The number of hydrogen-bond donors (Lipinski definition) is 3. The monoisotopic (exact) mass is 351 g/mol. The Labute approximate surface area is 140 Å². The topological polar surface area (TPSA) is 87.3 Å². The summed E-state index contributed by atoms with van der Waals surface area (Å²) in [6.45, 7) is 0.524. The van der Waals surface area contributed by atoms with E-state index in [1.54, 1.807) is 36.4 Å². The fraction of sp³-hybridized carbons (Fsp3) is 0.188. The zero-order chi connectivity index (χ0) is 17.6. The largest absolute Gasteiger partial charge is 0.334 e. The van der Waals surface area contributed by atoms with Crippen LogP contribution in [0, 0.1) is 5.82 Å². The third-order valence-electron chi connectivity index (χ3n) is 3.05. The summed E-state index contributed by atoms with van der Waals surface area (Å²) < 4.78 is 37.6. The lowest BCUT2D eigenvalue weighted by Crippen LogP contribution is -2.34. The minimum Gasteiger partial charge on any atom is -0.334 e. The zero-order valence-electron chi connectivity index (χ0n) is 13.0. The average molecular weight is 351 g/mol. The van der Waals surface area contributed by atoms with Gasteiger partial charge in [0.05, 0.1) is 6.26 Å². The fourth-order valence-corrected chi connectivity index (χ4v) is 2.54. The summed E-state index contributed by atoms with van der Waals surface area (Å²) in [5.41, 5.74) is 1.97. The third-order valence-corrected chi connectivity index (χ3v) is 3.66. The molecule has 0 aliphatic rings. The number of benzene rings is 2. The minimum absolute atomic E-state index is 0.245. The first-order valence-electron chi connectivity index (χ1n) is 7.15. The Hall–Kier alpha value is -2.61. The van der Waals surface area contributed by atoms with Gasteiger partial charge in [-0.3, -0.25) is 4.72 Å². The molecular formula is C16H18FN3O3S. The fourth-order valence-electron chi connectivity index (χ4n) is 1.99. The van der Waals surface area contributed by atoms with Crippen molar-refractivity contribution in [1.29, 1.82) is 0 Å². The molecular weight excluding hydrogens is 333 g/mol. The van der Waals surface area contributed by atoms with E-state index in [1.807, 2.05) is 0 Å². The van der Waals surface area contributed by atoms with Crippen molar-refractivity contribution in [3.05, 3.63) is 65.5 Å². The van der Waals surface area contributed by atoms with Crippen LogP contribution in [-0.2, 0) is 23.1 Å². The highest BCUT2D eigenvalue weighted by atomic mass is 32.2. The van der Waals surface area contributed by atoms with Gasteiger partial charge >= 0.3 is 6.03 Å². The number of hydrogen-bond acceptors (Lipinski definition) is 3. The molecule has 0 saturated carbocycles. The molecule has 2 aromatic carbocycles. The number of nitrogens with one attached hydrogen (secondary N) is 3. The Balaban J connectivity index is 1.83. The number of sulfonamides is 1. The van der Waals surface area contributed by atoms with Crippen molar-refractivity contribution in [2.45, 2.75) is 13.1 Å². The van der Waals surface area contributed by atoms with E-state index >= 15 is 0 Å². The van der Waals surface area contributed by atoms with E-state index in [0.29, 0.717) is 5.69 Å². The molecule has 8 heteroatoms. The van der Waals surface area contributed by atoms with Crippen LogP contribution in [0.25, 0.3) is 0 Å². The number of halogens is 1. The summed E-state index contributed by atoms with van der Waals surface area (Å²) in [7, 11) is -3.34. The molecule has 0 heterocycles. The molecule has 0 radical (unpaired) electrons. The molecule has 6 nitrogen and oxygen atoms in total. The van der Waals surface area contributed by atoms with Crippen LogP contribution in [0.2, 0.25) is 0 Å². The van der Waals surface area contributed by atoms with Gasteiger partial charge < -0.3 is 10.6 Å². The maximum absolute atomic E-state index is 12.8. The van der Waals surface area contributed by atoms with Gasteiger partial charge in [-0.1, -0.05) is 24.3 Å². The maximum atomic E-state index is 12.8. The van der Waals surface area contributed by atoms with Crippen LogP contribution < -0.4 is 15.4 Å². The molecule has 0 unspecified atom stereocenters. The summed E-state index contributed by atoms with van der Waals surface area (Å²) in [5, 5.41) is 5.33. The molecule has 24 heavy (non-hydrogen) atoms. The molecule has 0 atom stereocenters. The smallest absolute Gasteiger partial charge is 0.315 e. The van der Waals surface area contributed by atoms with Crippen LogP contribution in [0.4, 0.5) is 14.9 Å². The molecule has 0 aromatic heterocycles. The summed E-state index contributed by atoms with van der Waals surface area (Å²) in [4.78, 5) is 11.8. The van der Waals surface area contributed by atoms with Gasteiger partial charge in [0.25, 0.3) is 0 Å². The molecule has 0 bridgehead atoms. The van der Waals surface area contributed by atoms with E-state index in [1.165, 1.54) is 12.1 Å². The van der Waals surface area contributed by atoms with Crippen molar-refractivity contribution in [3.63, 3.8) is 0 Å². The van der Waals surface area contributed by atoms with Gasteiger partial charge in [-0.05, 0) is 35.4 Å². The summed E-state index contributed by atoms with van der Waals surface area (Å²) in [6.07, 6.45) is 1.07. The standard InChI is InChI=1S/C16H18FN3O3S/c1-24(22,23)20-15-4-2-3-13(9-15)11-19-16(21)18-10-12-5-7-14(17)8-6-12/h2-9,20H,10-11H2,1H3,(H2,18,19,21). The van der Waals surface area contributed by atoms with Gasteiger partial charge in [-0.15, -0.1) is 0 Å². The van der Waals surface area contributed by atoms with Crippen molar-refractivity contribution in [2.24, 2.45) is 0 Å². The van der Waals surface area contributed by atoms with Gasteiger partial charge in [0.2, 0.25) is 10.0 Å². The lowest BCUT2D eigenvalue weighted by Gasteiger charge is -2.09. The number of rotatable bonds is 6. The van der Waals surface area contributed by atoms with Crippen LogP contribution in [0.15, 0.2) is 48.5 Å². The maximum Gasteiger partial charge on any atom is 0.315 e. The summed E-state index contributed by atoms with van der Waals surface area (Å²) >= 11 is 0. The second-order valence-electron chi connectivity index (χ2n) is 5.24. The number of anilines is 1. The van der Waals surface area contributed by atoms with Gasteiger partial charge in [0.1, 0.15) is 5.82 Å². The average Bonchev–Trinajstić information content (AvgIpc) is 2.51. The molecule has 0 aliphatic carbocycles. The van der Waals surface area contributed by atoms with Crippen molar-refractivity contribution in [1.82, 2.24) is 10.6 Å². The Morgan fingerprint density at radius 1 is 1.00 bits per heavy atom. The molecule has 0 saturated heterocycles. The molecule has 0 aliphatic heterocycles. The Bertz CT molecular complexity index is 808. The highest BCUT2D eigenvalue weighted by Gasteiger charge is 2.04. The SMILES string of the molecule is CS(=O)(=O)Nc1cccc(CNC(=O)NCc2ccc(F)cc2)c1. The number of urea groups is 1. The van der Waals surface area contributed by atoms with Crippen LogP contribution in [0.5, 0.6) is 0 Å². The summed E-state index contributed by atoms with van der Waals surface area (Å²) in [6, 6.07) is 12.2. The molecule has 3 N–H and O–H groups in total. The van der Waals surface area contributed by atoms with E-state index in [9.17, 15) is 17.6 Å². The van der Waals surface area contributed by atoms with Crippen LogP contribution in [0.1, 0.15) is 11.1 Å². The third kappa shape index (κ3) is 6.25. The highest BCUT2D eigenvalue weighted by Crippen LogP contribution is 2.11. The first-order chi connectivity index (χ1) is 11.3. The first kappa shape index (κ1) is 17.7. The first-order valence-corrected chi connectivity index (χ1v) is 9.04. The van der Waals surface area contributed by atoms with E-state index in [2.05, 4.69) is 15.4 Å². The van der Waals surface area contributed by atoms with E-state index < -0.39 is 10.0 Å². The molecule has 128 valence electrons. The molecule has 0 fully saturated rings. The van der Waals surface area contributed by atoms with Gasteiger partial charge in [0, 0.05) is 18.8 Å².